The third-order valence-corrected chi connectivity index (χ3v) is 17.9. The lowest BCUT2D eigenvalue weighted by atomic mass is 10.0. The standard InChI is InChI=1S/C63H98N14O19S2/c1-35(2)26-44-58(89)72-45(30-52(83)84)59(90)75-53(37(4)78)63(94)77-23-13-16-48(77)60(91)71-42(17-19-49(65)79)56(87)70-43(18-20-51(81)82)57(88)74-46(54(66)85)34-98-33-39-27-38(32-97-5)28-40(29-39)95-24-10-6-7-11-25-96-67-31-50(80)69-41(14-8-9-21-64)55(86)68-36(3)62(93)76-22-12-15-47(76)61(92)73-44/h27-29,31,35-37,41-48,53,78H,6-26,30,32-34,64H2,1-5H3,(H2,65,79)(H2,66,85)(H,68,86)(H,69,80)(H,70,87)(H,71,91)(H,72,89)(H,73,92)(H,74,88)(H,75,90)(H,81,82)(H,83,84)/t36-,37+,41-,42-,43-,44-,45-,46-,47-,48-,53-/m0/s1. The van der Waals surface area contributed by atoms with Gasteiger partial charge in [0.15, 0.2) is 0 Å². The highest BCUT2D eigenvalue weighted by Gasteiger charge is 2.43. The Kier molecular flexibility index (Phi) is 35.6. The maximum absolute atomic E-state index is 14.4. The van der Waals surface area contributed by atoms with Crippen molar-refractivity contribution in [2.24, 2.45) is 28.3 Å². The number of fused-ring (bicyclic) bond motifs is 4. The topological polar surface area (TPSA) is 511 Å². The minimum Gasteiger partial charge on any atom is -0.494 e. The van der Waals surface area contributed by atoms with E-state index in [0.29, 0.717) is 62.5 Å². The van der Waals surface area contributed by atoms with E-state index in [4.69, 9.17) is 26.8 Å². The molecule has 1 aromatic rings. The summed E-state index contributed by atoms with van der Waals surface area (Å²) in [6.07, 6.45) is 2.22. The van der Waals surface area contributed by atoms with Crippen molar-refractivity contribution in [2.45, 2.75) is 215 Å². The van der Waals surface area contributed by atoms with Crippen LogP contribution in [0.5, 0.6) is 5.75 Å². The Morgan fingerprint density at radius 2 is 1.21 bits per heavy atom. The van der Waals surface area contributed by atoms with Gasteiger partial charge in [0.05, 0.1) is 19.1 Å². The number of carbonyl (C=O) groups excluding carboxylic acids is 12. The minimum atomic E-state index is -1.95. The van der Waals surface area contributed by atoms with Gasteiger partial charge in [-0.05, 0) is 146 Å². The number of nitrogens with zero attached hydrogens (tertiary/aromatic N) is 3. The van der Waals surface area contributed by atoms with Crippen molar-refractivity contribution >= 4 is 113 Å². The molecule has 98 heavy (non-hydrogen) atoms. The summed E-state index contributed by atoms with van der Waals surface area (Å²) in [6.45, 7) is 6.73. The van der Waals surface area contributed by atoms with E-state index in [2.05, 4.69) is 47.7 Å². The number of oxime groups is 1. The van der Waals surface area contributed by atoms with Gasteiger partial charge < -0.3 is 94.4 Å². The van der Waals surface area contributed by atoms with Gasteiger partial charge in [-0.3, -0.25) is 67.1 Å². The summed E-state index contributed by atoms with van der Waals surface area (Å²) < 4.78 is 6.14. The zero-order valence-corrected chi connectivity index (χ0v) is 57.8. The van der Waals surface area contributed by atoms with Crippen molar-refractivity contribution in [1.82, 2.24) is 52.3 Å². The van der Waals surface area contributed by atoms with Crippen molar-refractivity contribution in [1.29, 1.82) is 0 Å². The molecule has 11 atom stereocenters. The number of carbonyl (C=O) groups is 14. The van der Waals surface area contributed by atoms with Crippen molar-refractivity contribution in [3.05, 3.63) is 29.3 Å². The van der Waals surface area contributed by atoms with Crippen LogP contribution in [0, 0.1) is 5.92 Å². The molecule has 3 aliphatic heterocycles. The van der Waals surface area contributed by atoms with E-state index in [0.717, 1.165) is 42.0 Å². The molecular weight excluding hydrogens is 1320 g/mol. The molecule has 0 radical (unpaired) electrons. The molecule has 0 aliphatic carbocycles. The molecule has 0 aromatic heterocycles. The average molecular weight is 1420 g/mol. The van der Waals surface area contributed by atoms with Crippen molar-refractivity contribution in [3.8, 4) is 5.75 Å². The lowest BCUT2D eigenvalue weighted by molar-refractivity contribution is -0.145. The lowest BCUT2D eigenvalue weighted by Crippen LogP contribution is -2.62. The van der Waals surface area contributed by atoms with E-state index in [1.165, 1.54) is 23.6 Å². The van der Waals surface area contributed by atoms with Crippen LogP contribution in [0.3, 0.4) is 0 Å². The number of thioether (sulfide) groups is 2. The second-order valence-electron chi connectivity index (χ2n) is 24.8. The fraction of sp³-hybridized carbons (Fsp3) is 0.667. The number of primary amides is 2. The molecule has 2 bridgehead atoms. The van der Waals surface area contributed by atoms with Gasteiger partial charge >= 0.3 is 11.9 Å². The Morgan fingerprint density at radius 3 is 1.81 bits per heavy atom. The first-order valence-electron chi connectivity index (χ1n) is 32.9. The summed E-state index contributed by atoms with van der Waals surface area (Å²) in [5.41, 5.74) is 18.7. The van der Waals surface area contributed by atoms with Crippen LogP contribution in [0.4, 0.5) is 0 Å². The number of hydrogen-bond donors (Lipinski definition) is 14. The van der Waals surface area contributed by atoms with E-state index in [-0.39, 0.29) is 63.5 Å². The Morgan fingerprint density at radius 1 is 0.653 bits per heavy atom. The van der Waals surface area contributed by atoms with Gasteiger partial charge in [0.2, 0.25) is 65.0 Å². The molecule has 0 spiro atoms. The summed E-state index contributed by atoms with van der Waals surface area (Å²) in [5.74, 6) is -13.0. The van der Waals surface area contributed by atoms with Crippen LogP contribution in [0.2, 0.25) is 0 Å². The molecule has 17 N–H and O–H groups in total. The number of hydrogen-bond acceptors (Lipinski definition) is 21. The highest BCUT2D eigenvalue weighted by Crippen LogP contribution is 2.26. The van der Waals surface area contributed by atoms with Crippen molar-refractivity contribution in [2.75, 3.05) is 44.9 Å². The van der Waals surface area contributed by atoms with Crippen LogP contribution >= 0.6 is 23.5 Å². The fourth-order valence-corrected chi connectivity index (χ4v) is 12.6. The van der Waals surface area contributed by atoms with Gasteiger partial charge in [0.25, 0.3) is 5.91 Å². The highest BCUT2D eigenvalue weighted by molar-refractivity contribution is 7.98. The van der Waals surface area contributed by atoms with Gasteiger partial charge in [-0.1, -0.05) is 25.1 Å². The molecule has 0 unspecified atom stereocenters. The molecule has 35 heteroatoms. The number of aliphatic carboxylic acids is 2. The summed E-state index contributed by atoms with van der Waals surface area (Å²) >= 11 is 2.82. The second-order valence-corrected chi connectivity index (χ2v) is 26.7. The first-order chi connectivity index (χ1) is 46.5. The predicted molar refractivity (Wildman–Crippen MR) is 360 cm³/mol. The minimum absolute atomic E-state index is 0.0515. The Bertz CT molecular complexity index is 2980. The first kappa shape index (κ1) is 82.1. The molecule has 2 saturated heterocycles. The average Bonchev–Trinajstić information content (AvgIpc) is 1.61. The highest BCUT2D eigenvalue weighted by atomic mass is 32.2. The molecule has 0 saturated carbocycles. The van der Waals surface area contributed by atoms with E-state index in [1.54, 1.807) is 25.6 Å². The maximum Gasteiger partial charge on any atom is 0.305 e. The number of amides is 12. The Labute approximate surface area is 577 Å². The van der Waals surface area contributed by atoms with Gasteiger partial charge in [-0.25, -0.2) is 0 Å². The SMILES string of the molecule is CSCc1cc2cc(c1)OCCCCCCON=CC(=O)N[C@@H](CCCCN)C(=O)N[C@@H](C)C(=O)N1CCC[C@H]1C(=O)N[C@@H](CC(C)C)C(=O)N[C@@H](CC(=O)O)C(=O)N[C@@H]([C@@H](C)O)C(=O)N1CCC[C@H]1C(=O)N[C@@H](CCC(N)=O)C(=O)N[C@@H](CCC(=O)O)C(=O)N[C@H](C(N)=O)CSC2. The number of rotatable bonds is 18. The van der Waals surface area contributed by atoms with Crippen molar-refractivity contribution < 1.29 is 92.0 Å². The zero-order valence-electron chi connectivity index (χ0n) is 56.2. The van der Waals surface area contributed by atoms with Crippen LogP contribution in [-0.2, 0) is 83.5 Å². The molecular formula is C63H98N14O19S2. The summed E-state index contributed by atoms with van der Waals surface area (Å²) in [7, 11) is 0. The maximum atomic E-state index is 14.4. The van der Waals surface area contributed by atoms with Gasteiger partial charge in [0, 0.05) is 43.2 Å². The molecule has 33 nitrogen and oxygen atoms in total. The fourth-order valence-electron chi connectivity index (χ4n) is 11.1. The van der Waals surface area contributed by atoms with Crippen molar-refractivity contribution in [3.63, 3.8) is 0 Å². The van der Waals surface area contributed by atoms with Crippen LogP contribution in [0.15, 0.2) is 23.4 Å². The molecule has 12 amide bonds. The van der Waals surface area contributed by atoms with E-state index < -0.39 is 181 Å². The van der Waals surface area contributed by atoms with Crippen LogP contribution in [-0.4, -0.2) is 226 Å². The smallest absolute Gasteiger partial charge is 0.305 e. The zero-order chi connectivity index (χ0) is 72.6. The molecule has 3 aliphatic rings. The molecule has 4 rings (SSSR count). The number of aliphatic hydroxyl groups is 1. The number of unbranched alkanes of at least 4 members (excludes halogenated alkanes) is 1. The van der Waals surface area contributed by atoms with E-state index in [9.17, 15) is 82.4 Å². The molecule has 3 heterocycles. The Hall–Kier alpha value is -8.31. The Balaban J connectivity index is 1.66. The van der Waals surface area contributed by atoms with Crippen LogP contribution in [0.25, 0.3) is 0 Å². The quantitative estimate of drug-likeness (QED) is 0.0726. The number of nitrogens with one attached hydrogen (secondary N) is 8. The third kappa shape index (κ3) is 28.3. The summed E-state index contributed by atoms with van der Waals surface area (Å²) in [4.78, 5) is 197. The largest absolute Gasteiger partial charge is 0.494 e. The number of carboxylic acids is 2. The van der Waals surface area contributed by atoms with Gasteiger partial charge in [-0.2, -0.15) is 23.5 Å². The number of carboxylic acid groups (broad SMARTS) is 2. The third-order valence-electron chi connectivity index (χ3n) is 16.2. The van der Waals surface area contributed by atoms with Crippen LogP contribution in [0.1, 0.15) is 148 Å². The van der Waals surface area contributed by atoms with E-state index >= 15 is 0 Å². The van der Waals surface area contributed by atoms with Gasteiger partial charge in [0.1, 0.15) is 79.0 Å². The predicted octanol–water partition coefficient (Wildman–Crippen LogP) is -1.74. The summed E-state index contributed by atoms with van der Waals surface area (Å²) in [6, 6.07) is -9.18. The monoisotopic (exact) mass is 1420 g/mol. The number of nitrogens with two attached hydrogens (primary N) is 3. The lowest BCUT2D eigenvalue weighted by Gasteiger charge is -2.32. The van der Waals surface area contributed by atoms with Gasteiger partial charge in [-0.15, -0.1) is 0 Å². The molecule has 2 fully saturated rings. The molecule has 546 valence electrons. The number of benzene rings is 1. The number of aliphatic hydroxyl groups excluding tert-OH is 1. The first-order valence-corrected chi connectivity index (χ1v) is 35.5. The second kappa shape index (κ2) is 42.5. The van der Waals surface area contributed by atoms with E-state index in [1.807, 2.05) is 24.5 Å². The van der Waals surface area contributed by atoms with Crippen LogP contribution < -0.4 is 64.5 Å². The summed E-state index contributed by atoms with van der Waals surface area (Å²) in [5, 5.41) is 54.3. The molecule has 1 aromatic carbocycles. The normalized spacial score (nSPS) is 25.5. The number of ether oxygens (including phenoxy) is 1.